The molecule has 2 rings (SSSR count). The van der Waals surface area contributed by atoms with Gasteiger partial charge in [-0.15, -0.1) is 0 Å². The minimum Gasteiger partial charge on any atom is -0.497 e. The molecule has 0 unspecified atom stereocenters. The highest BCUT2D eigenvalue weighted by Crippen LogP contribution is 2.29. The second-order valence-electron chi connectivity index (χ2n) is 4.95. The molecule has 2 aromatic carbocycles. The van der Waals surface area contributed by atoms with Crippen molar-refractivity contribution in [2.45, 2.75) is 5.75 Å². The van der Waals surface area contributed by atoms with Gasteiger partial charge >= 0.3 is 0 Å². The third-order valence-corrected chi connectivity index (χ3v) is 4.81. The zero-order valence-electron chi connectivity index (χ0n) is 13.5. The molecule has 2 N–H and O–H groups in total. The van der Waals surface area contributed by atoms with Gasteiger partial charge in [0.1, 0.15) is 17.4 Å². The molecular weight excluding hydrogens is 402 g/mol. The van der Waals surface area contributed by atoms with Crippen molar-refractivity contribution in [2.24, 2.45) is 5.73 Å². The van der Waals surface area contributed by atoms with Gasteiger partial charge in [0.25, 0.3) is 5.91 Å². The van der Waals surface area contributed by atoms with Crippen LogP contribution in [0.1, 0.15) is 5.56 Å². The molecule has 5 nitrogen and oxygen atoms in total. The Kier molecular flexibility index (Phi) is 6.92. The van der Waals surface area contributed by atoms with Crippen LogP contribution in [0.5, 0.6) is 5.75 Å². The first-order chi connectivity index (χ1) is 12.0. The maximum Gasteiger partial charge on any atom is 0.260 e. The van der Waals surface area contributed by atoms with Gasteiger partial charge in [-0.25, -0.2) is 0 Å². The highest BCUT2D eigenvalue weighted by atomic mass is 79.9. The van der Waals surface area contributed by atoms with Gasteiger partial charge in [-0.2, -0.15) is 5.26 Å². The summed E-state index contributed by atoms with van der Waals surface area (Å²) in [6.45, 7) is 0. The van der Waals surface area contributed by atoms with Crippen molar-refractivity contribution < 1.29 is 9.53 Å². The number of halogens is 1. The molecule has 0 radical (unpaired) electrons. The topological polar surface area (TPSA) is 79.3 Å². The summed E-state index contributed by atoms with van der Waals surface area (Å²) in [7, 11) is 1.58. The lowest BCUT2D eigenvalue weighted by molar-refractivity contribution is -0.114. The fraction of sp³-hybridized carbons (Fsp3) is 0.111. The molecule has 0 saturated carbocycles. The summed E-state index contributed by atoms with van der Waals surface area (Å²) < 4.78 is 7.99. The average molecular weight is 418 g/mol. The van der Waals surface area contributed by atoms with Gasteiger partial charge in [-0.3, -0.25) is 9.10 Å². The van der Waals surface area contributed by atoms with E-state index in [0.717, 1.165) is 15.7 Å². The molecule has 0 aliphatic rings. The summed E-state index contributed by atoms with van der Waals surface area (Å²) in [5, 5.41) is 9.12. The molecule has 0 spiro atoms. The monoisotopic (exact) mass is 417 g/mol. The summed E-state index contributed by atoms with van der Waals surface area (Å²) in [6, 6.07) is 17.1. The highest BCUT2D eigenvalue weighted by Gasteiger charge is 2.11. The number of rotatable bonds is 7. The second-order valence-corrected chi connectivity index (χ2v) is 6.80. The SMILES string of the molecule is COc1cccc(N(C=C(C#N)C(N)=O)SCc2ccc(Br)cc2)c1. The maximum atomic E-state index is 11.4. The molecular formula is C18H16BrN3O2S. The average Bonchev–Trinajstić information content (AvgIpc) is 2.63. The summed E-state index contributed by atoms with van der Waals surface area (Å²) in [5.41, 5.74) is 7.02. The Labute approximate surface area is 159 Å². The molecule has 0 fully saturated rings. The minimum atomic E-state index is -0.764. The van der Waals surface area contributed by atoms with Gasteiger partial charge in [-0.1, -0.05) is 34.1 Å². The van der Waals surface area contributed by atoms with Crippen molar-refractivity contribution in [2.75, 3.05) is 11.4 Å². The number of nitriles is 1. The van der Waals surface area contributed by atoms with Crippen molar-refractivity contribution in [3.8, 4) is 11.8 Å². The number of amides is 1. The van der Waals surface area contributed by atoms with Crippen LogP contribution in [0, 0.1) is 11.3 Å². The van der Waals surface area contributed by atoms with Crippen LogP contribution in [0.3, 0.4) is 0 Å². The minimum absolute atomic E-state index is 0.119. The molecule has 0 heterocycles. The third-order valence-electron chi connectivity index (χ3n) is 3.22. The Morgan fingerprint density at radius 2 is 2.08 bits per heavy atom. The van der Waals surface area contributed by atoms with Gasteiger partial charge in [0.2, 0.25) is 0 Å². The maximum absolute atomic E-state index is 11.4. The summed E-state index contributed by atoms with van der Waals surface area (Å²) in [4.78, 5) is 11.4. The standard InChI is InChI=1S/C18H16BrN3O2S/c1-24-17-4-2-3-16(9-17)22(11-14(10-20)18(21)23)25-12-13-5-7-15(19)8-6-13/h2-9,11H,12H2,1H3,(H2,21,23). The zero-order chi connectivity index (χ0) is 18.2. The van der Waals surface area contributed by atoms with Crippen molar-refractivity contribution in [3.05, 3.63) is 70.3 Å². The number of benzene rings is 2. The predicted molar refractivity (Wildman–Crippen MR) is 104 cm³/mol. The number of hydrogen-bond acceptors (Lipinski definition) is 5. The number of carbonyl (C=O) groups is 1. The van der Waals surface area contributed by atoms with Crippen molar-refractivity contribution >= 4 is 39.5 Å². The molecule has 0 aliphatic heterocycles. The number of carbonyl (C=O) groups excluding carboxylic acids is 1. The molecule has 0 bridgehead atoms. The predicted octanol–water partition coefficient (Wildman–Crippen LogP) is 4.01. The number of nitrogens with two attached hydrogens (primary N) is 1. The zero-order valence-corrected chi connectivity index (χ0v) is 15.9. The van der Waals surface area contributed by atoms with Gasteiger partial charge in [-0.05, 0) is 41.8 Å². The number of nitrogens with zero attached hydrogens (tertiary/aromatic N) is 2. The van der Waals surface area contributed by atoms with E-state index in [1.165, 1.54) is 18.1 Å². The van der Waals surface area contributed by atoms with Crippen LogP contribution >= 0.6 is 27.9 Å². The lowest BCUT2D eigenvalue weighted by Crippen LogP contribution is -2.16. The smallest absolute Gasteiger partial charge is 0.260 e. The van der Waals surface area contributed by atoms with E-state index in [4.69, 9.17) is 15.7 Å². The van der Waals surface area contributed by atoms with Gasteiger partial charge in [0.05, 0.1) is 12.8 Å². The van der Waals surface area contributed by atoms with E-state index in [0.29, 0.717) is 11.5 Å². The molecule has 1 amide bonds. The number of methoxy groups -OCH3 is 1. The molecule has 7 heteroatoms. The van der Waals surface area contributed by atoms with Crippen molar-refractivity contribution in [1.82, 2.24) is 0 Å². The van der Waals surface area contributed by atoms with Crippen molar-refractivity contribution in [3.63, 3.8) is 0 Å². The van der Waals surface area contributed by atoms with Crippen LogP contribution in [-0.4, -0.2) is 13.0 Å². The molecule has 25 heavy (non-hydrogen) atoms. The number of primary amides is 1. The molecule has 0 saturated heterocycles. The van der Waals surface area contributed by atoms with E-state index >= 15 is 0 Å². The second kappa shape index (κ2) is 9.16. The Bertz CT molecular complexity index is 816. The lowest BCUT2D eigenvalue weighted by atomic mass is 10.2. The van der Waals surface area contributed by atoms with Gasteiger partial charge < -0.3 is 10.5 Å². The van der Waals surface area contributed by atoms with E-state index in [-0.39, 0.29) is 5.57 Å². The Morgan fingerprint density at radius 1 is 1.36 bits per heavy atom. The first-order valence-corrected chi connectivity index (χ1v) is 8.99. The Morgan fingerprint density at radius 3 is 2.68 bits per heavy atom. The van der Waals surface area contributed by atoms with Crippen LogP contribution in [0.2, 0.25) is 0 Å². The van der Waals surface area contributed by atoms with Crippen LogP contribution in [0.25, 0.3) is 0 Å². The first kappa shape index (κ1) is 18.9. The number of anilines is 1. The lowest BCUT2D eigenvalue weighted by Gasteiger charge is -2.20. The summed E-state index contributed by atoms with van der Waals surface area (Å²) in [6.07, 6.45) is 1.45. The quantitative estimate of drug-likeness (QED) is 0.418. The highest BCUT2D eigenvalue weighted by molar-refractivity contribution is 9.10. The Balaban J connectivity index is 2.29. The fourth-order valence-corrected chi connectivity index (χ4v) is 3.11. The van der Waals surface area contributed by atoms with Crippen LogP contribution in [0.15, 0.2) is 64.8 Å². The summed E-state index contributed by atoms with van der Waals surface area (Å²) >= 11 is 4.85. The molecule has 128 valence electrons. The largest absolute Gasteiger partial charge is 0.497 e. The third kappa shape index (κ3) is 5.55. The Hall–Kier alpha value is -2.43. The number of hydrogen-bond donors (Lipinski definition) is 1. The van der Waals surface area contributed by atoms with E-state index in [2.05, 4.69) is 15.9 Å². The van der Waals surface area contributed by atoms with E-state index in [1.54, 1.807) is 11.4 Å². The van der Waals surface area contributed by atoms with E-state index in [1.807, 2.05) is 54.6 Å². The fourth-order valence-electron chi connectivity index (χ4n) is 1.92. The number of ether oxygens (including phenoxy) is 1. The molecule has 0 atom stereocenters. The van der Waals surface area contributed by atoms with Crippen molar-refractivity contribution in [1.29, 1.82) is 5.26 Å². The molecule has 0 aromatic heterocycles. The van der Waals surface area contributed by atoms with Gasteiger partial charge in [0.15, 0.2) is 0 Å². The van der Waals surface area contributed by atoms with E-state index < -0.39 is 5.91 Å². The van der Waals surface area contributed by atoms with Crippen LogP contribution < -0.4 is 14.8 Å². The summed E-state index contributed by atoms with van der Waals surface area (Å²) in [5.74, 6) is 0.565. The molecule has 2 aromatic rings. The van der Waals surface area contributed by atoms with Gasteiger partial charge in [0, 0.05) is 22.5 Å². The van der Waals surface area contributed by atoms with Crippen LogP contribution in [0.4, 0.5) is 5.69 Å². The van der Waals surface area contributed by atoms with Crippen LogP contribution in [-0.2, 0) is 10.5 Å². The molecule has 0 aliphatic carbocycles. The first-order valence-electron chi connectivity index (χ1n) is 7.26. The van der Waals surface area contributed by atoms with E-state index in [9.17, 15) is 4.79 Å². The normalized spacial score (nSPS) is 10.8.